The predicted molar refractivity (Wildman–Crippen MR) is 112 cm³/mol. The predicted octanol–water partition coefficient (Wildman–Crippen LogP) is 2.18. The van der Waals surface area contributed by atoms with Crippen LogP contribution in [0.2, 0.25) is 0 Å². The Balaban J connectivity index is 1.61. The van der Waals surface area contributed by atoms with Gasteiger partial charge in [-0.1, -0.05) is 18.2 Å². The number of carbonyl (C=O) groups excluding carboxylic acids is 1. The number of aromatic carboxylic acids is 1. The van der Waals surface area contributed by atoms with Crippen LogP contribution in [-0.2, 0) is 19.6 Å². The minimum absolute atomic E-state index is 0.0919. The van der Waals surface area contributed by atoms with Gasteiger partial charge in [0.05, 0.1) is 10.5 Å². The highest BCUT2D eigenvalue weighted by Gasteiger charge is 2.39. The summed E-state index contributed by atoms with van der Waals surface area (Å²) in [6.45, 7) is 2.47. The van der Waals surface area contributed by atoms with Gasteiger partial charge >= 0.3 is 11.9 Å². The number of fused-ring (bicyclic) bond motifs is 3. The van der Waals surface area contributed by atoms with Crippen LogP contribution in [0.5, 0.6) is 0 Å². The number of halogens is 1. The van der Waals surface area contributed by atoms with Crippen molar-refractivity contribution in [1.29, 1.82) is 0 Å². The molecule has 0 radical (unpaired) electrons. The summed E-state index contributed by atoms with van der Waals surface area (Å²) in [5.74, 6) is -2.53. The number of carboxylic acid groups (broad SMARTS) is 1. The Hall–Kier alpha value is -2.82. The second-order valence-electron chi connectivity index (χ2n) is 8.06. The maximum atomic E-state index is 13.9. The molecule has 2 atom stereocenters. The number of hydrogen-bond donors (Lipinski definition) is 2. The lowest BCUT2D eigenvalue weighted by molar-refractivity contribution is -0.161. The molecule has 0 aromatic heterocycles. The zero-order chi connectivity index (χ0) is 22.9. The molecule has 3 aliphatic rings. The summed E-state index contributed by atoms with van der Waals surface area (Å²) in [5, 5.41) is 9.15. The lowest BCUT2D eigenvalue weighted by atomic mass is 9.86. The molecule has 5 rings (SSSR count). The van der Waals surface area contributed by atoms with Gasteiger partial charge in [-0.15, -0.1) is 0 Å². The van der Waals surface area contributed by atoms with Crippen molar-refractivity contribution in [3.63, 3.8) is 0 Å². The monoisotopic (exact) mass is 462 g/mol. The Morgan fingerprint density at radius 1 is 1.12 bits per heavy atom. The van der Waals surface area contributed by atoms with E-state index in [2.05, 4.69) is 9.62 Å². The standard InChI is InChI=1S/C22H23FN2O6S/c23-17-5-1-3-15(11-17)20(22(28)31-19-13-25-9-7-14(19)8-10-25)24-32(29,30)18-6-2-4-16(12-18)21(26)27/h1-6,11-12,14,19-20,24H,7-10,13H2,(H,26,27)/t19-,20?/m0/s1. The van der Waals surface area contributed by atoms with Crippen molar-refractivity contribution < 1.29 is 32.2 Å². The molecule has 32 heavy (non-hydrogen) atoms. The fraction of sp³-hybridized carbons (Fsp3) is 0.364. The maximum Gasteiger partial charge on any atom is 0.335 e. The van der Waals surface area contributed by atoms with Crippen molar-refractivity contribution in [3.05, 3.63) is 65.5 Å². The minimum Gasteiger partial charge on any atom is -0.478 e. The molecule has 10 heteroatoms. The van der Waals surface area contributed by atoms with Crippen molar-refractivity contribution in [1.82, 2.24) is 9.62 Å². The Kier molecular flexibility index (Phi) is 6.27. The van der Waals surface area contributed by atoms with Gasteiger partial charge in [-0.2, -0.15) is 4.72 Å². The van der Waals surface area contributed by atoms with E-state index in [1.165, 1.54) is 36.4 Å². The van der Waals surface area contributed by atoms with Crippen LogP contribution in [-0.4, -0.2) is 56.1 Å². The first kappa shape index (κ1) is 22.4. The van der Waals surface area contributed by atoms with Crippen molar-refractivity contribution in [2.24, 2.45) is 5.92 Å². The molecule has 0 saturated carbocycles. The Morgan fingerprint density at radius 2 is 1.84 bits per heavy atom. The maximum absolute atomic E-state index is 13.9. The van der Waals surface area contributed by atoms with E-state index in [1.807, 2.05) is 0 Å². The van der Waals surface area contributed by atoms with Crippen molar-refractivity contribution >= 4 is 22.0 Å². The summed E-state index contributed by atoms with van der Waals surface area (Å²) in [5.41, 5.74) is -0.126. The zero-order valence-corrected chi connectivity index (χ0v) is 17.9. The molecule has 3 aliphatic heterocycles. The average Bonchev–Trinajstić information content (AvgIpc) is 2.78. The van der Waals surface area contributed by atoms with Gasteiger partial charge < -0.3 is 9.84 Å². The Labute approximate surface area is 185 Å². The second-order valence-corrected chi connectivity index (χ2v) is 9.77. The van der Waals surface area contributed by atoms with Crippen LogP contribution >= 0.6 is 0 Å². The summed E-state index contributed by atoms with van der Waals surface area (Å²) < 4.78 is 47.8. The molecule has 3 fully saturated rings. The number of hydrogen-bond acceptors (Lipinski definition) is 6. The molecule has 3 saturated heterocycles. The number of esters is 1. The van der Waals surface area contributed by atoms with Gasteiger partial charge in [0.1, 0.15) is 18.0 Å². The Morgan fingerprint density at radius 3 is 2.47 bits per heavy atom. The molecule has 2 N–H and O–H groups in total. The molecule has 8 nitrogen and oxygen atoms in total. The highest BCUT2D eigenvalue weighted by Crippen LogP contribution is 2.31. The smallest absolute Gasteiger partial charge is 0.335 e. The number of piperidine rings is 3. The third kappa shape index (κ3) is 4.82. The van der Waals surface area contributed by atoms with Crippen LogP contribution in [0, 0.1) is 11.7 Å². The fourth-order valence-corrected chi connectivity index (χ4v) is 5.44. The fourth-order valence-electron chi connectivity index (χ4n) is 4.22. The normalized spacial score (nSPS) is 23.5. The number of benzene rings is 2. The molecular weight excluding hydrogens is 439 g/mol. The molecule has 2 bridgehead atoms. The van der Waals surface area contributed by atoms with E-state index in [0.29, 0.717) is 6.54 Å². The summed E-state index contributed by atoms with van der Waals surface area (Å²) in [6, 6.07) is 8.33. The summed E-state index contributed by atoms with van der Waals surface area (Å²) in [6.07, 6.45) is 1.44. The average molecular weight is 462 g/mol. The molecule has 2 aromatic rings. The van der Waals surface area contributed by atoms with Gasteiger partial charge in [0.15, 0.2) is 0 Å². The van der Waals surface area contributed by atoms with Gasteiger partial charge in [0, 0.05) is 6.54 Å². The lowest BCUT2D eigenvalue weighted by Crippen LogP contribution is -2.52. The van der Waals surface area contributed by atoms with Crippen LogP contribution in [0.25, 0.3) is 0 Å². The zero-order valence-electron chi connectivity index (χ0n) is 17.1. The first-order valence-electron chi connectivity index (χ1n) is 10.3. The number of sulfonamides is 1. The van der Waals surface area contributed by atoms with E-state index in [9.17, 15) is 22.4 Å². The second kappa shape index (κ2) is 8.97. The lowest BCUT2D eigenvalue weighted by Gasteiger charge is -2.44. The first-order chi connectivity index (χ1) is 15.2. The molecule has 170 valence electrons. The number of ether oxygens (including phenoxy) is 1. The first-order valence-corrected chi connectivity index (χ1v) is 11.8. The van der Waals surface area contributed by atoms with Crippen LogP contribution in [0.3, 0.4) is 0 Å². The van der Waals surface area contributed by atoms with Crippen molar-refractivity contribution in [3.8, 4) is 0 Å². The number of rotatable bonds is 7. The number of nitrogens with zero attached hydrogens (tertiary/aromatic N) is 1. The molecule has 0 aliphatic carbocycles. The molecular formula is C22H23FN2O6S. The summed E-state index contributed by atoms with van der Waals surface area (Å²) >= 11 is 0. The SMILES string of the molecule is O=C(O)c1cccc(S(=O)(=O)NC(C(=O)O[C@H]2CN3CCC2CC3)c2cccc(F)c2)c1. The molecule has 2 aromatic carbocycles. The van der Waals surface area contributed by atoms with E-state index in [4.69, 9.17) is 9.84 Å². The van der Waals surface area contributed by atoms with Crippen LogP contribution in [0.1, 0.15) is 34.8 Å². The minimum atomic E-state index is -4.32. The van der Waals surface area contributed by atoms with Crippen molar-refractivity contribution in [2.45, 2.75) is 29.9 Å². The largest absolute Gasteiger partial charge is 0.478 e. The third-order valence-corrected chi connectivity index (χ3v) is 7.37. The van der Waals surface area contributed by atoms with E-state index < -0.39 is 33.8 Å². The van der Waals surface area contributed by atoms with E-state index in [1.54, 1.807) is 0 Å². The number of carboxylic acids is 1. The van der Waals surface area contributed by atoms with E-state index in [-0.39, 0.29) is 28.0 Å². The van der Waals surface area contributed by atoms with E-state index >= 15 is 0 Å². The van der Waals surface area contributed by atoms with Gasteiger partial charge in [-0.3, -0.25) is 4.90 Å². The molecule has 0 amide bonds. The molecule has 1 unspecified atom stereocenters. The third-order valence-electron chi connectivity index (χ3n) is 5.95. The van der Waals surface area contributed by atoms with Crippen LogP contribution < -0.4 is 4.72 Å². The topological polar surface area (TPSA) is 113 Å². The quantitative estimate of drug-likeness (QED) is 0.607. The van der Waals surface area contributed by atoms with Gasteiger partial charge in [-0.05, 0) is 67.7 Å². The highest BCUT2D eigenvalue weighted by atomic mass is 32.2. The molecule has 3 heterocycles. The number of nitrogens with one attached hydrogen (secondary N) is 1. The van der Waals surface area contributed by atoms with Gasteiger partial charge in [-0.25, -0.2) is 22.4 Å². The summed E-state index contributed by atoms with van der Waals surface area (Å²) in [7, 11) is -4.32. The van der Waals surface area contributed by atoms with Gasteiger partial charge in [0.25, 0.3) is 0 Å². The molecule has 0 spiro atoms. The van der Waals surface area contributed by atoms with Crippen LogP contribution in [0.4, 0.5) is 4.39 Å². The summed E-state index contributed by atoms with van der Waals surface area (Å²) in [4.78, 5) is 26.2. The number of carbonyl (C=O) groups is 2. The Bertz CT molecular complexity index is 1130. The van der Waals surface area contributed by atoms with E-state index in [0.717, 1.165) is 38.1 Å². The highest BCUT2D eigenvalue weighted by molar-refractivity contribution is 7.89. The van der Waals surface area contributed by atoms with Gasteiger partial charge in [0.2, 0.25) is 10.0 Å². The van der Waals surface area contributed by atoms with Crippen molar-refractivity contribution in [2.75, 3.05) is 19.6 Å². The van der Waals surface area contributed by atoms with Crippen LogP contribution in [0.15, 0.2) is 53.4 Å².